The number of aliphatic hydroxyl groups excluding tert-OH is 2. The van der Waals surface area contributed by atoms with Crippen LogP contribution < -0.4 is 5.73 Å². The van der Waals surface area contributed by atoms with Gasteiger partial charge in [0.1, 0.15) is 0 Å². The van der Waals surface area contributed by atoms with Gasteiger partial charge >= 0.3 is 5.97 Å². The van der Waals surface area contributed by atoms with E-state index in [1.54, 1.807) is 12.1 Å². The molecule has 0 bridgehead atoms. The van der Waals surface area contributed by atoms with Gasteiger partial charge in [0, 0.05) is 18.9 Å². The highest BCUT2D eigenvalue weighted by Gasteiger charge is 1.98. The van der Waals surface area contributed by atoms with E-state index in [4.69, 9.17) is 21.1 Å². The SMILES string of the molecule is Nc1ccc(C(=O)O)cc1.OCCCO. The molecule has 0 aromatic heterocycles. The molecule has 84 valence electrons. The van der Waals surface area contributed by atoms with Gasteiger partial charge in [0.25, 0.3) is 0 Å². The number of aliphatic hydroxyl groups is 2. The summed E-state index contributed by atoms with van der Waals surface area (Å²) in [6, 6.07) is 6.06. The molecule has 5 N–H and O–H groups in total. The first-order valence-electron chi connectivity index (χ1n) is 4.42. The largest absolute Gasteiger partial charge is 0.478 e. The molecule has 0 unspecified atom stereocenters. The van der Waals surface area contributed by atoms with Crippen LogP contribution in [0.4, 0.5) is 5.69 Å². The third kappa shape index (κ3) is 6.48. The van der Waals surface area contributed by atoms with E-state index >= 15 is 0 Å². The van der Waals surface area contributed by atoms with Gasteiger partial charge in [-0.15, -0.1) is 0 Å². The van der Waals surface area contributed by atoms with E-state index in [1.165, 1.54) is 12.1 Å². The molecule has 0 aliphatic rings. The molecule has 0 spiro atoms. The Hall–Kier alpha value is -1.59. The van der Waals surface area contributed by atoms with Crippen LogP contribution in [0.2, 0.25) is 0 Å². The lowest BCUT2D eigenvalue weighted by molar-refractivity contribution is 0.0697. The van der Waals surface area contributed by atoms with Gasteiger partial charge < -0.3 is 21.1 Å². The molecule has 0 atom stereocenters. The van der Waals surface area contributed by atoms with Crippen molar-refractivity contribution in [3.05, 3.63) is 29.8 Å². The Bertz CT molecular complexity index is 282. The normalized spacial score (nSPS) is 8.93. The number of hydrogen-bond donors (Lipinski definition) is 4. The van der Waals surface area contributed by atoms with E-state index in [2.05, 4.69) is 0 Å². The Kier molecular flexibility index (Phi) is 6.96. The van der Waals surface area contributed by atoms with Crippen LogP contribution in [0.1, 0.15) is 16.8 Å². The van der Waals surface area contributed by atoms with Gasteiger partial charge in [0.15, 0.2) is 0 Å². The van der Waals surface area contributed by atoms with Gasteiger partial charge in [-0.1, -0.05) is 0 Å². The van der Waals surface area contributed by atoms with E-state index in [9.17, 15) is 4.79 Å². The smallest absolute Gasteiger partial charge is 0.335 e. The van der Waals surface area contributed by atoms with Crippen molar-refractivity contribution < 1.29 is 20.1 Å². The maximum absolute atomic E-state index is 10.3. The Morgan fingerprint density at radius 1 is 1.13 bits per heavy atom. The maximum Gasteiger partial charge on any atom is 0.335 e. The molecule has 15 heavy (non-hydrogen) atoms. The number of hydrogen-bond acceptors (Lipinski definition) is 4. The molecular weight excluding hydrogens is 198 g/mol. The monoisotopic (exact) mass is 213 g/mol. The number of carboxylic acid groups (broad SMARTS) is 1. The van der Waals surface area contributed by atoms with Crippen molar-refractivity contribution >= 4 is 11.7 Å². The van der Waals surface area contributed by atoms with E-state index < -0.39 is 5.97 Å². The molecule has 1 rings (SSSR count). The second kappa shape index (κ2) is 7.78. The molecule has 1 aromatic rings. The standard InChI is InChI=1S/C7H7NO2.C3H8O2/c8-6-3-1-5(2-4-6)7(9)10;4-2-1-3-5/h1-4H,8H2,(H,9,10);4-5H,1-3H2. The van der Waals surface area contributed by atoms with Crippen LogP contribution in [0.15, 0.2) is 24.3 Å². The van der Waals surface area contributed by atoms with Crippen LogP contribution in [0.25, 0.3) is 0 Å². The van der Waals surface area contributed by atoms with E-state index in [-0.39, 0.29) is 18.8 Å². The molecule has 0 saturated carbocycles. The number of anilines is 1. The second-order valence-corrected chi connectivity index (χ2v) is 2.73. The molecule has 1 aromatic carbocycles. The molecule has 0 heterocycles. The summed E-state index contributed by atoms with van der Waals surface area (Å²) in [4.78, 5) is 10.3. The average Bonchev–Trinajstić information content (AvgIpc) is 2.20. The lowest BCUT2D eigenvalue weighted by Crippen LogP contribution is -1.95. The highest BCUT2D eigenvalue weighted by molar-refractivity contribution is 5.87. The average molecular weight is 213 g/mol. The quantitative estimate of drug-likeness (QED) is 0.542. The van der Waals surface area contributed by atoms with Crippen molar-refractivity contribution in [3.8, 4) is 0 Å². The molecule has 0 radical (unpaired) electrons. The predicted molar refractivity (Wildman–Crippen MR) is 56.6 cm³/mol. The molecule has 5 nitrogen and oxygen atoms in total. The van der Waals surface area contributed by atoms with Crippen molar-refractivity contribution in [2.75, 3.05) is 18.9 Å². The van der Waals surface area contributed by atoms with Crippen LogP contribution >= 0.6 is 0 Å². The fourth-order valence-electron chi connectivity index (χ4n) is 0.696. The molecule has 0 fully saturated rings. The Morgan fingerprint density at radius 2 is 1.60 bits per heavy atom. The number of carboxylic acids is 1. The summed E-state index contributed by atoms with van der Waals surface area (Å²) in [5, 5.41) is 24.2. The van der Waals surface area contributed by atoms with Crippen molar-refractivity contribution in [2.24, 2.45) is 0 Å². The molecule has 0 saturated heterocycles. The van der Waals surface area contributed by atoms with Gasteiger partial charge in [-0.05, 0) is 30.7 Å². The van der Waals surface area contributed by atoms with Crippen molar-refractivity contribution in [1.82, 2.24) is 0 Å². The third-order valence-corrected chi connectivity index (χ3v) is 1.47. The highest BCUT2D eigenvalue weighted by Crippen LogP contribution is 2.04. The predicted octanol–water partition coefficient (Wildman–Crippen LogP) is 0.328. The van der Waals surface area contributed by atoms with Gasteiger partial charge in [0.2, 0.25) is 0 Å². The van der Waals surface area contributed by atoms with Crippen LogP contribution in [0, 0.1) is 0 Å². The van der Waals surface area contributed by atoms with E-state index in [1.807, 2.05) is 0 Å². The lowest BCUT2D eigenvalue weighted by atomic mass is 10.2. The first-order chi connectivity index (χ1) is 7.11. The maximum atomic E-state index is 10.3. The summed E-state index contributed by atoms with van der Waals surface area (Å²) >= 11 is 0. The zero-order valence-electron chi connectivity index (χ0n) is 8.26. The minimum atomic E-state index is -0.931. The fourth-order valence-corrected chi connectivity index (χ4v) is 0.696. The molecule has 0 aliphatic heterocycles. The number of aromatic carboxylic acids is 1. The van der Waals surface area contributed by atoms with Crippen LogP contribution in [-0.4, -0.2) is 34.5 Å². The summed E-state index contributed by atoms with van der Waals surface area (Å²) < 4.78 is 0. The minimum absolute atomic E-state index is 0.0938. The summed E-state index contributed by atoms with van der Waals surface area (Å²) in [6.45, 7) is 0.188. The molecule has 5 heteroatoms. The number of nitrogens with two attached hydrogens (primary N) is 1. The number of rotatable bonds is 3. The fraction of sp³-hybridized carbons (Fsp3) is 0.300. The van der Waals surface area contributed by atoms with Crippen LogP contribution in [0.3, 0.4) is 0 Å². The van der Waals surface area contributed by atoms with Crippen molar-refractivity contribution in [3.63, 3.8) is 0 Å². The van der Waals surface area contributed by atoms with E-state index in [0.717, 1.165) is 0 Å². The molecular formula is C10H15NO4. The summed E-state index contributed by atoms with van der Waals surface area (Å²) in [7, 11) is 0. The van der Waals surface area contributed by atoms with Crippen LogP contribution in [-0.2, 0) is 0 Å². The van der Waals surface area contributed by atoms with Gasteiger partial charge in [-0.2, -0.15) is 0 Å². The van der Waals surface area contributed by atoms with Crippen molar-refractivity contribution in [2.45, 2.75) is 6.42 Å². The van der Waals surface area contributed by atoms with Crippen molar-refractivity contribution in [1.29, 1.82) is 0 Å². The summed E-state index contributed by atoms with van der Waals surface area (Å²) in [5.74, 6) is -0.931. The molecule has 0 aliphatic carbocycles. The first-order valence-corrected chi connectivity index (χ1v) is 4.42. The van der Waals surface area contributed by atoms with Gasteiger partial charge in [-0.25, -0.2) is 4.79 Å². The molecule has 0 amide bonds. The number of benzene rings is 1. The lowest BCUT2D eigenvalue weighted by Gasteiger charge is -1.93. The highest BCUT2D eigenvalue weighted by atomic mass is 16.4. The first kappa shape index (κ1) is 13.4. The zero-order chi connectivity index (χ0) is 11.7. The Labute approximate surface area is 87.8 Å². The van der Waals surface area contributed by atoms with E-state index in [0.29, 0.717) is 12.1 Å². The topological polar surface area (TPSA) is 104 Å². The minimum Gasteiger partial charge on any atom is -0.478 e. The second-order valence-electron chi connectivity index (χ2n) is 2.73. The summed E-state index contributed by atoms with van der Waals surface area (Å²) in [6.07, 6.45) is 0.500. The Morgan fingerprint density at radius 3 is 1.87 bits per heavy atom. The number of nitrogen functional groups attached to an aromatic ring is 1. The zero-order valence-corrected chi connectivity index (χ0v) is 8.26. The van der Waals surface area contributed by atoms with Gasteiger partial charge in [0.05, 0.1) is 5.56 Å². The Balaban J connectivity index is 0.000000336. The summed E-state index contributed by atoms with van der Waals surface area (Å²) in [5.41, 5.74) is 6.17. The van der Waals surface area contributed by atoms with Crippen LogP contribution in [0.5, 0.6) is 0 Å². The number of carbonyl (C=O) groups is 1. The third-order valence-electron chi connectivity index (χ3n) is 1.47. The van der Waals surface area contributed by atoms with Gasteiger partial charge in [-0.3, -0.25) is 0 Å².